The highest BCUT2D eigenvalue weighted by molar-refractivity contribution is 6.30. The van der Waals surface area contributed by atoms with Crippen molar-refractivity contribution in [2.24, 2.45) is 5.73 Å². The molecule has 3 N–H and O–H groups in total. The molecule has 2 rings (SSSR count). The fourth-order valence-corrected chi connectivity index (χ4v) is 1.68. The first-order valence-electron chi connectivity index (χ1n) is 5.42. The summed E-state index contributed by atoms with van der Waals surface area (Å²) in [5.41, 5.74) is 7.39. The van der Waals surface area contributed by atoms with Gasteiger partial charge in [0.05, 0.1) is 0 Å². The summed E-state index contributed by atoms with van der Waals surface area (Å²) in [6, 6.07) is 8.00. The first kappa shape index (κ1) is 10.9. The molecular formula is C12H17ClN2. The summed E-state index contributed by atoms with van der Waals surface area (Å²) in [6.45, 7) is 1.93. The van der Waals surface area contributed by atoms with Crippen LogP contribution in [0, 0.1) is 0 Å². The van der Waals surface area contributed by atoms with Crippen LogP contribution in [-0.2, 0) is 6.42 Å². The molecule has 0 aromatic heterocycles. The molecule has 1 aromatic rings. The van der Waals surface area contributed by atoms with Gasteiger partial charge in [-0.15, -0.1) is 0 Å². The van der Waals surface area contributed by atoms with Gasteiger partial charge in [0.1, 0.15) is 0 Å². The zero-order chi connectivity index (χ0) is 10.7. The van der Waals surface area contributed by atoms with Gasteiger partial charge in [-0.25, -0.2) is 0 Å². The maximum Gasteiger partial charge on any atom is 0.0406 e. The van der Waals surface area contributed by atoms with Crippen molar-refractivity contribution < 1.29 is 0 Å². The number of hydrogen-bond acceptors (Lipinski definition) is 2. The predicted molar refractivity (Wildman–Crippen MR) is 64.2 cm³/mol. The maximum absolute atomic E-state index is 5.97. The third-order valence-corrected chi connectivity index (χ3v) is 3.12. The summed E-state index contributed by atoms with van der Waals surface area (Å²) in [4.78, 5) is 0. The molecule has 0 atom stereocenters. The van der Waals surface area contributed by atoms with E-state index in [1.54, 1.807) is 0 Å². The molecule has 0 saturated heterocycles. The van der Waals surface area contributed by atoms with E-state index in [1.807, 2.05) is 12.1 Å². The van der Waals surface area contributed by atoms with E-state index >= 15 is 0 Å². The van der Waals surface area contributed by atoms with E-state index in [9.17, 15) is 0 Å². The van der Waals surface area contributed by atoms with Crippen molar-refractivity contribution in [3.63, 3.8) is 0 Å². The van der Waals surface area contributed by atoms with Gasteiger partial charge >= 0.3 is 0 Å². The summed E-state index contributed by atoms with van der Waals surface area (Å²) in [5, 5.41) is 4.19. The fourth-order valence-electron chi connectivity index (χ4n) is 1.56. The standard InChI is InChI=1S/C12H17ClN2/c13-11-3-1-10(2-4-11)5-8-15-9-12(14)6-7-12/h1-4,15H,5-9,14H2. The van der Waals surface area contributed by atoms with Gasteiger partial charge in [0, 0.05) is 17.1 Å². The lowest BCUT2D eigenvalue weighted by Gasteiger charge is -2.09. The molecule has 0 unspecified atom stereocenters. The molecule has 0 radical (unpaired) electrons. The normalized spacial score (nSPS) is 17.7. The summed E-state index contributed by atoms with van der Waals surface area (Å²) in [7, 11) is 0. The van der Waals surface area contributed by atoms with Crippen LogP contribution in [0.25, 0.3) is 0 Å². The van der Waals surface area contributed by atoms with E-state index in [2.05, 4.69) is 17.4 Å². The molecule has 1 aliphatic rings. The van der Waals surface area contributed by atoms with Crippen LogP contribution in [0.3, 0.4) is 0 Å². The van der Waals surface area contributed by atoms with Crippen molar-refractivity contribution >= 4 is 11.6 Å². The Morgan fingerprint density at radius 3 is 2.53 bits per heavy atom. The number of nitrogens with one attached hydrogen (secondary N) is 1. The van der Waals surface area contributed by atoms with Crippen molar-refractivity contribution in [3.8, 4) is 0 Å². The maximum atomic E-state index is 5.97. The smallest absolute Gasteiger partial charge is 0.0406 e. The molecule has 0 heterocycles. The molecule has 0 bridgehead atoms. The summed E-state index contributed by atoms with van der Waals surface area (Å²) >= 11 is 5.81. The number of hydrogen-bond donors (Lipinski definition) is 2. The summed E-state index contributed by atoms with van der Waals surface area (Å²) < 4.78 is 0. The predicted octanol–water partition coefficient (Wildman–Crippen LogP) is 1.96. The first-order chi connectivity index (χ1) is 7.18. The highest BCUT2D eigenvalue weighted by Crippen LogP contribution is 2.30. The molecular weight excluding hydrogens is 208 g/mol. The minimum atomic E-state index is 0.111. The molecule has 1 fully saturated rings. The van der Waals surface area contributed by atoms with Crippen LogP contribution in [0.4, 0.5) is 0 Å². The topological polar surface area (TPSA) is 38.0 Å². The number of benzene rings is 1. The average molecular weight is 225 g/mol. The molecule has 15 heavy (non-hydrogen) atoms. The van der Waals surface area contributed by atoms with Gasteiger partial charge in [0.2, 0.25) is 0 Å². The molecule has 3 heteroatoms. The lowest BCUT2D eigenvalue weighted by Crippen LogP contribution is -2.36. The van der Waals surface area contributed by atoms with Crippen LogP contribution in [0.15, 0.2) is 24.3 Å². The lowest BCUT2D eigenvalue weighted by atomic mass is 10.1. The molecule has 1 aliphatic carbocycles. The second-order valence-electron chi connectivity index (χ2n) is 4.42. The third kappa shape index (κ3) is 3.49. The van der Waals surface area contributed by atoms with Gasteiger partial charge in [0.15, 0.2) is 0 Å². The summed E-state index contributed by atoms with van der Waals surface area (Å²) in [6.07, 6.45) is 3.37. The van der Waals surface area contributed by atoms with E-state index in [-0.39, 0.29) is 5.54 Å². The Labute approximate surface area is 95.8 Å². The van der Waals surface area contributed by atoms with Crippen molar-refractivity contribution in [1.82, 2.24) is 5.32 Å². The molecule has 0 amide bonds. The monoisotopic (exact) mass is 224 g/mol. The van der Waals surface area contributed by atoms with E-state index in [0.29, 0.717) is 0 Å². The Bertz CT molecular complexity index is 317. The van der Waals surface area contributed by atoms with Crippen LogP contribution < -0.4 is 11.1 Å². The molecule has 0 spiro atoms. The van der Waals surface area contributed by atoms with Crippen LogP contribution in [0.5, 0.6) is 0 Å². The van der Waals surface area contributed by atoms with Crippen molar-refractivity contribution in [3.05, 3.63) is 34.9 Å². The van der Waals surface area contributed by atoms with Crippen molar-refractivity contribution in [1.29, 1.82) is 0 Å². The Kier molecular flexibility index (Phi) is 3.29. The molecule has 82 valence electrons. The van der Waals surface area contributed by atoms with Gasteiger partial charge in [-0.1, -0.05) is 23.7 Å². The molecule has 2 nitrogen and oxygen atoms in total. The number of nitrogens with two attached hydrogens (primary N) is 1. The van der Waals surface area contributed by atoms with Gasteiger partial charge in [-0.05, 0) is 43.5 Å². The number of halogens is 1. The Balaban J connectivity index is 1.67. The Morgan fingerprint density at radius 1 is 1.27 bits per heavy atom. The fraction of sp³-hybridized carbons (Fsp3) is 0.500. The quantitative estimate of drug-likeness (QED) is 0.751. The van der Waals surface area contributed by atoms with E-state index in [4.69, 9.17) is 17.3 Å². The SMILES string of the molecule is NC1(CNCCc2ccc(Cl)cc2)CC1. The lowest BCUT2D eigenvalue weighted by molar-refractivity contribution is 0.571. The van der Waals surface area contributed by atoms with Crippen LogP contribution in [0.2, 0.25) is 5.02 Å². The zero-order valence-corrected chi connectivity index (χ0v) is 9.56. The minimum absolute atomic E-state index is 0.111. The van der Waals surface area contributed by atoms with Gasteiger partial charge in [0.25, 0.3) is 0 Å². The second kappa shape index (κ2) is 4.52. The third-order valence-electron chi connectivity index (χ3n) is 2.87. The molecule has 1 aromatic carbocycles. The largest absolute Gasteiger partial charge is 0.324 e. The van der Waals surface area contributed by atoms with Crippen molar-refractivity contribution in [2.75, 3.05) is 13.1 Å². The average Bonchev–Trinajstić information content (AvgIpc) is 2.95. The van der Waals surface area contributed by atoms with E-state index < -0.39 is 0 Å². The van der Waals surface area contributed by atoms with Crippen molar-refractivity contribution in [2.45, 2.75) is 24.8 Å². The van der Waals surface area contributed by atoms with Gasteiger partial charge in [-0.3, -0.25) is 0 Å². The first-order valence-corrected chi connectivity index (χ1v) is 5.80. The van der Waals surface area contributed by atoms with E-state index in [1.165, 1.54) is 18.4 Å². The highest BCUT2D eigenvalue weighted by Gasteiger charge is 2.37. The summed E-state index contributed by atoms with van der Waals surface area (Å²) in [5.74, 6) is 0. The van der Waals surface area contributed by atoms with Crippen LogP contribution in [0.1, 0.15) is 18.4 Å². The minimum Gasteiger partial charge on any atom is -0.324 e. The highest BCUT2D eigenvalue weighted by atomic mass is 35.5. The van der Waals surface area contributed by atoms with Gasteiger partial charge in [-0.2, -0.15) is 0 Å². The van der Waals surface area contributed by atoms with Gasteiger partial charge < -0.3 is 11.1 Å². The number of rotatable bonds is 5. The second-order valence-corrected chi connectivity index (χ2v) is 4.85. The van der Waals surface area contributed by atoms with Crippen LogP contribution in [-0.4, -0.2) is 18.6 Å². The zero-order valence-electron chi connectivity index (χ0n) is 8.80. The Morgan fingerprint density at radius 2 is 1.93 bits per heavy atom. The molecule has 0 aliphatic heterocycles. The van der Waals surface area contributed by atoms with Crippen LogP contribution >= 0.6 is 11.6 Å². The van der Waals surface area contributed by atoms with E-state index in [0.717, 1.165) is 24.5 Å². The Hall–Kier alpha value is -0.570. The molecule has 1 saturated carbocycles.